The highest BCUT2D eigenvalue weighted by molar-refractivity contribution is 5.44. The van der Waals surface area contributed by atoms with Crippen LogP contribution in [0.15, 0.2) is 36.4 Å². The molecule has 0 saturated carbocycles. The lowest BCUT2D eigenvalue weighted by atomic mass is 10.1. The molecule has 7 nitrogen and oxygen atoms in total. The summed E-state index contributed by atoms with van der Waals surface area (Å²) in [6.45, 7) is 7.14. The minimum Gasteiger partial charge on any atom is -0.353 e. The van der Waals surface area contributed by atoms with E-state index >= 15 is 0 Å². The number of anilines is 1. The number of hydrogen-bond acceptors (Lipinski definition) is 6. The van der Waals surface area contributed by atoms with E-state index < -0.39 is 0 Å². The molecule has 0 atom stereocenters. The van der Waals surface area contributed by atoms with Crippen LogP contribution < -0.4 is 4.90 Å². The quantitative estimate of drug-likeness (QED) is 0.723. The van der Waals surface area contributed by atoms with Gasteiger partial charge in [-0.25, -0.2) is 0 Å². The molecule has 0 spiro atoms. The lowest BCUT2D eigenvalue weighted by Crippen LogP contribution is -2.46. The largest absolute Gasteiger partial charge is 0.353 e. The zero-order valence-electron chi connectivity index (χ0n) is 13.1. The van der Waals surface area contributed by atoms with E-state index in [1.165, 1.54) is 15.8 Å². The Morgan fingerprint density at radius 1 is 1.04 bits per heavy atom. The molecule has 4 rings (SSSR count). The van der Waals surface area contributed by atoms with Crippen molar-refractivity contribution in [1.29, 1.82) is 0 Å². The molecule has 1 saturated heterocycles. The van der Waals surface area contributed by atoms with E-state index in [0.717, 1.165) is 38.5 Å². The molecule has 0 amide bonds. The minimum atomic E-state index is 0.673. The Bertz CT molecular complexity index is 805. The van der Waals surface area contributed by atoms with Crippen molar-refractivity contribution < 1.29 is 0 Å². The Morgan fingerprint density at radius 3 is 2.74 bits per heavy atom. The second kappa shape index (κ2) is 5.92. The van der Waals surface area contributed by atoms with Crippen LogP contribution in [0, 0.1) is 6.92 Å². The van der Waals surface area contributed by atoms with Crippen LogP contribution in [0.1, 0.15) is 11.1 Å². The minimum absolute atomic E-state index is 0.673. The predicted molar refractivity (Wildman–Crippen MR) is 87.2 cm³/mol. The smallest absolute Gasteiger partial charge is 0.200 e. The number of nitrogens with zero attached hydrogens (tertiary/aromatic N) is 7. The number of aromatic nitrogens is 5. The monoisotopic (exact) mass is 309 g/mol. The van der Waals surface area contributed by atoms with Crippen molar-refractivity contribution in [2.45, 2.75) is 13.5 Å². The fourth-order valence-corrected chi connectivity index (χ4v) is 3.01. The summed E-state index contributed by atoms with van der Waals surface area (Å²) < 4.78 is 1.48. The summed E-state index contributed by atoms with van der Waals surface area (Å²) in [5.74, 6) is 0.931. The molecule has 1 fully saturated rings. The first kappa shape index (κ1) is 14.1. The van der Waals surface area contributed by atoms with E-state index in [9.17, 15) is 0 Å². The Labute approximate surface area is 134 Å². The van der Waals surface area contributed by atoms with Gasteiger partial charge in [0.25, 0.3) is 0 Å². The van der Waals surface area contributed by atoms with E-state index in [4.69, 9.17) is 0 Å². The number of fused-ring (bicyclic) bond motifs is 1. The first-order valence-corrected chi connectivity index (χ1v) is 7.86. The molecule has 1 aromatic carbocycles. The maximum absolute atomic E-state index is 4.47. The number of piperazine rings is 1. The summed E-state index contributed by atoms with van der Waals surface area (Å²) >= 11 is 0. The van der Waals surface area contributed by atoms with Gasteiger partial charge in [-0.05, 0) is 35.0 Å². The number of hydrogen-bond donors (Lipinski definition) is 0. The third kappa shape index (κ3) is 3.00. The highest BCUT2D eigenvalue weighted by Gasteiger charge is 2.18. The van der Waals surface area contributed by atoms with Gasteiger partial charge in [0.05, 0.1) is 0 Å². The van der Waals surface area contributed by atoms with Gasteiger partial charge >= 0.3 is 0 Å². The van der Waals surface area contributed by atoms with Crippen LogP contribution >= 0.6 is 0 Å². The van der Waals surface area contributed by atoms with Crippen LogP contribution in [0.25, 0.3) is 5.65 Å². The summed E-state index contributed by atoms with van der Waals surface area (Å²) in [7, 11) is 0. The molecule has 7 heteroatoms. The molecule has 1 aliphatic heterocycles. The van der Waals surface area contributed by atoms with Gasteiger partial charge in [0.1, 0.15) is 0 Å². The average Bonchev–Trinajstić information content (AvgIpc) is 3.03. The zero-order chi connectivity index (χ0) is 15.6. The molecular weight excluding hydrogens is 290 g/mol. The van der Waals surface area contributed by atoms with Crippen molar-refractivity contribution in [3.05, 3.63) is 47.5 Å². The van der Waals surface area contributed by atoms with E-state index in [1.54, 1.807) is 0 Å². The molecule has 0 unspecified atom stereocenters. The molecule has 0 bridgehead atoms. The number of rotatable bonds is 3. The van der Waals surface area contributed by atoms with Crippen molar-refractivity contribution in [3.63, 3.8) is 0 Å². The van der Waals surface area contributed by atoms with Crippen LogP contribution in [0.4, 0.5) is 5.82 Å². The fourth-order valence-electron chi connectivity index (χ4n) is 3.01. The van der Waals surface area contributed by atoms with Gasteiger partial charge in [0, 0.05) is 32.7 Å². The number of benzene rings is 1. The van der Waals surface area contributed by atoms with Crippen LogP contribution in [0.5, 0.6) is 0 Å². The average molecular weight is 309 g/mol. The predicted octanol–water partition coefficient (Wildman–Crippen LogP) is 1.15. The standard InChI is InChI=1S/C16H19N7/c1-13-3-2-4-14(11-13)12-21-7-9-22(10-8-21)16-6-5-15-17-19-20-23(15)18-16/h2-6,11H,7-10,12H2,1H3. The first-order valence-electron chi connectivity index (χ1n) is 7.86. The fraction of sp³-hybridized carbons (Fsp3) is 0.375. The third-order valence-electron chi connectivity index (χ3n) is 4.24. The molecule has 0 radical (unpaired) electrons. The van der Waals surface area contributed by atoms with Crippen LogP contribution in [-0.4, -0.2) is 56.3 Å². The summed E-state index contributed by atoms with van der Waals surface area (Å²) in [6, 6.07) is 12.6. The highest BCUT2D eigenvalue weighted by atomic mass is 15.6. The van der Waals surface area contributed by atoms with E-state index in [0.29, 0.717) is 5.65 Å². The van der Waals surface area contributed by atoms with Crippen molar-refractivity contribution in [1.82, 2.24) is 30.2 Å². The van der Waals surface area contributed by atoms with E-state index in [-0.39, 0.29) is 0 Å². The second-order valence-corrected chi connectivity index (χ2v) is 5.97. The summed E-state index contributed by atoms with van der Waals surface area (Å²) in [6.07, 6.45) is 0. The van der Waals surface area contributed by atoms with Crippen LogP contribution in [0.2, 0.25) is 0 Å². The van der Waals surface area contributed by atoms with Gasteiger partial charge in [0.15, 0.2) is 11.5 Å². The molecule has 0 N–H and O–H groups in total. The lowest BCUT2D eigenvalue weighted by molar-refractivity contribution is 0.249. The summed E-state index contributed by atoms with van der Waals surface area (Å²) in [5, 5.41) is 15.8. The molecular formula is C16H19N7. The normalized spacial score (nSPS) is 16.1. The van der Waals surface area contributed by atoms with Gasteiger partial charge in [-0.1, -0.05) is 29.8 Å². The zero-order valence-corrected chi connectivity index (χ0v) is 13.1. The van der Waals surface area contributed by atoms with E-state index in [1.807, 2.05) is 12.1 Å². The van der Waals surface area contributed by atoms with Crippen molar-refractivity contribution >= 4 is 11.5 Å². The Hall–Kier alpha value is -2.54. The summed E-state index contributed by atoms with van der Waals surface area (Å²) in [4.78, 5) is 4.77. The van der Waals surface area contributed by atoms with E-state index in [2.05, 4.69) is 61.6 Å². The molecule has 3 heterocycles. The van der Waals surface area contributed by atoms with Gasteiger partial charge in [-0.15, -0.1) is 14.8 Å². The van der Waals surface area contributed by atoms with Crippen LogP contribution in [-0.2, 0) is 6.54 Å². The summed E-state index contributed by atoms with van der Waals surface area (Å²) in [5.41, 5.74) is 3.37. The maximum atomic E-state index is 4.47. The number of aryl methyl sites for hydroxylation is 1. The lowest BCUT2D eigenvalue weighted by Gasteiger charge is -2.35. The SMILES string of the molecule is Cc1cccc(CN2CCN(c3ccc4nnnn4n3)CC2)c1. The molecule has 118 valence electrons. The first-order chi connectivity index (χ1) is 11.3. The Kier molecular flexibility index (Phi) is 3.63. The second-order valence-electron chi connectivity index (χ2n) is 5.97. The van der Waals surface area contributed by atoms with Crippen molar-refractivity contribution in [3.8, 4) is 0 Å². The third-order valence-corrected chi connectivity index (χ3v) is 4.24. The Balaban J connectivity index is 1.40. The van der Waals surface area contributed by atoms with Crippen LogP contribution in [0.3, 0.4) is 0 Å². The molecule has 23 heavy (non-hydrogen) atoms. The van der Waals surface area contributed by atoms with Gasteiger partial charge in [-0.3, -0.25) is 4.90 Å². The number of tetrazole rings is 1. The molecule has 2 aromatic heterocycles. The van der Waals surface area contributed by atoms with Gasteiger partial charge in [0.2, 0.25) is 0 Å². The van der Waals surface area contributed by atoms with Gasteiger partial charge < -0.3 is 4.90 Å². The van der Waals surface area contributed by atoms with Crippen molar-refractivity contribution in [2.75, 3.05) is 31.1 Å². The molecule has 0 aliphatic carbocycles. The molecule has 1 aliphatic rings. The topological polar surface area (TPSA) is 62.5 Å². The highest BCUT2D eigenvalue weighted by Crippen LogP contribution is 2.15. The molecule has 3 aromatic rings. The Morgan fingerprint density at radius 2 is 1.91 bits per heavy atom. The maximum Gasteiger partial charge on any atom is 0.200 e. The van der Waals surface area contributed by atoms with Crippen molar-refractivity contribution in [2.24, 2.45) is 0 Å². The van der Waals surface area contributed by atoms with Gasteiger partial charge in [-0.2, -0.15) is 0 Å².